The predicted molar refractivity (Wildman–Crippen MR) is 89.8 cm³/mol. The van der Waals surface area contributed by atoms with Crippen LogP contribution in [0.3, 0.4) is 0 Å². The first-order valence-corrected chi connectivity index (χ1v) is 7.73. The minimum absolute atomic E-state index is 0.344. The molecular formula is C21H18O. The van der Waals surface area contributed by atoms with Gasteiger partial charge in [0, 0.05) is 5.92 Å². The first kappa shape index (κ1) is 13.3. The van der Waals surface area contributed by atoms with Crippen LogP contribution in [0.1, 0.15) is 22.6 Å². The van der Waals surface area contributed by atoms with Gasteiger partial charge < -0.3 is 4.74 Å². The fraction of sp³-hybridized carbons (Fsp3) is 0.143. The molecule has 3 aromatic rings. The van der Waals surface area contributed by atoms with Gasteiger partial charge in [-0.15, -0.1) is 0 Å². The molecule has 0 spiro atoms. The molecule has 0 fully saturated rings. The normalized spacial score (nSPS) is 12.9. The maximum atomic E-state index is 6.02. The van der Waals surface area contributed by atoms with Crippen molar-refractivity contribution < 1.29 is 4.74 Å². The number of benzene rings is 3. The van der Waals surface area contributed by atoms with Crippen LogP contribution in [0.4, 0.5) is 0 Å². The van der Waals surface area contributed by atoms with Crippen molar-refractivity contribution in [3.8, 4) is 11.1 Å². The molecule has 0 N–H and O–H groups in total. The van der Waals surface area contributed by atoms with Crippen molar-refractivity contribution >= 4 is 0 Å². The lowest BCUT2D eigenvalue weighted by Gasteiger charge is -2.14. The van der Waals surface area contributed by atoms with E-state index < -0.39 is 0 Å². The minimum atomic E-state index is 0.344. The first-order valence-electron chi connectivity index (χ1n) is 7.73. The molecular weight excluding hydrogens is 268 g/mol. The van der Waals surface area contributed by atoms with Crippen molar-refractivity contribution in [2.45, 2.75) is 12.5 Å². The molecule has 3 aromatic carbocycles. The minimum Gasteiger partial charge on any atom is -0.376 e. The molecule has 0 amide bonds. The number of hydrogen-bond donors (Lipinski definition) is 0. The monoisotopic (exact) mass is 286 g/mol. The van der Waals surface area contributed by atoms with Gasteiger partial charge in [0.2, 0.25) is 0 Å². The van der Waals surface area contributed by atoms with Gasteiger partial charge in [-0.25, -0.2) is 0 Å². The summed E-state index contributed by atoms with van der Waals surface area (Å²) in [6, 6.07) is 27.7. The molecule has 4 rings (SSSR count). The molecule has 0 heterocycles. The fourth-order valence-electron chi connectivity index (χ4n) is 3.31. The number of hydrogen-bond acceptors (Lipinski definition) is 1. The van der Waals surface area contributed by atoms with Gasteiger partial charge in [-0.05, 0) is 27.8 Å². The molecule has 1 aliphatic carbocycles. The van der Waals surface area contributed by atoms with Crippen LogP contribution in [0.25, 0.3) is 11.1 Å². The average molecular weight is 286 g/mol. The topological polar surface area (TPSA) is 9.23 Å². The third kappa shape index (κ3) is 2.34. The second-order valence-corrected chi connectivity index (χ2v) is 5.73. The molecule has 0 atom stereocenters. The van der Waals surface area contributed by atoms with E-state index in [1.54, 1.807) is 0 Å². The molecule has 0 saturated carbocycles. The van der Waals surface area contributed by atoms with Crippen molar-refractivity contribution in [3.05, 3.63) is 95.6 Å². The highest BCUT2D eigenvalue weighted by Gasteiger charge is 2.27. The SMILES string of the molecule is c1ccc(COCC2c3ccccc3-c3ccccc32)cc1. The lowest BCUT2D eigenvalue weighted by atomic mass is 9.98. The van der Waals surface area contributed by atoms with Gasteiger partial charge in [-0.2, -0.15) is 0 Å². The molecule has 1 heteroatoms. The zero-order valence-corrected chi connectivity index (χ0v) is 12.4. The average Bonchev–Trinajstić information content (AvgIpc) is 2.91. The smallest absolute Gasteiger partial charge is 0.0717 e. The van der Waals surface area contributed by atoms with E-state index in [1.807, 2.05) is 6.07 Å². The Morgan fingerprint density at radius 3 is 1.82 bits per heavy atom. The highest BCUT2D eigenvalue weighted by atomic mass is 16.5. The van der Waals surface area contributed by atoms with E-state index in [0.29, 0.717) is 12.5 Å². The van der Waals surface area contributed by atoms with Crippen LogP contribution in [0.5, 0.6) is 0 Å². The zero-order chi connectivity index (χ0) is 14.8. The second kappa shape index (κ2) is 5.78. The van der Waals surface area contributed by atoms with Gasteiger partial charge in [0.25, 0.3) is 0 Å². The lowest BCUT2D eigenvalue weighted by Crippen LogP contribution is -2.07. The second-order valence-electron chi connectivity index (χ2n) is 5.73. The Morgan fingerprint density at radius 2 is 1.18 bits per heavy atom. The fourth-order valence-corrected chi connectivity index (χ4v) is 3.31. The Labute approximate surface area is 131 Å². The third-order valence-corrected chi connectivity index (χ3v) is 4.36. The van der Waals surface area contributed by atoms with Crippen LogP contribution in [0.15, 0.2) is 78.9 Å². The van der Waals surface area contributed by atoms with Crippen molar-refractivity contribution in [2.75, 3.05) is 6.61 Å². The highest BCUT2D eigenvalue weighted by molar-refractivity contribution is 5.78. The molecule has 0 bridgehead atoms. The summed E-state index contributed by atoms with van der Waals surface area (Å²) >= 11 is 0. The summed E-state index contributed by atoms with van der Waals surface area (Å²) in [6.07, 6.45) is 0. The Morgan fingerprint density at radius 1 is 0.636 bits per heavy atom. The van der Waals surface area contributed by atoms with Gasteiger partial charge in [0.15, 0.2) is 0 Å². The predicted octanol–water partition coefficient (Wildman–Crippen LogP) is 5.02. The maximum absolute atomic E-state index is 6.02. The van der Waals surface area contributed by atoms with Gasteiger partial charge in [0.05, 0.1) is 13.2 Å². The molecule has 108 valence electrons. The summed E-state index contributed by atoms with van der Waals surface area (Å²) in [7, 11) is 0. The maximum Gasteiger partial charge on any atom is 0.0717 e. The number of ether oxygens (including phenoxy) is 1. The molecule has 0 aromatic heterocycles. The summed E-state index contributed by atoms with van der Waals surface area (Å²) in [5.74, 6) is 0.344. The third-order valence-electron chi connectivity index (χ3n) is 4.36. The highest BCUT2D eigenvalue weighted by Crippen LogP contribution is 2.44. The van der Waals surface area contributed by atoms with Crippen molar-refractivity contribution in [1.29, 1.82) is 0 Å². The van der Waals surface area contributed by atoms with Gasteiger partial charge in [-0.1, -0.05) is 78.9 Å². The van der Waals surface area contributed by atoms with E-state index in [0.717, 1.165) is 6.61 Å². The van der Waals surface area contributed by atoms with Crippen molar-refractivity contribution in [2.24, 2.45) is 0 Å². The molecule has 1 aliphatic rings. The van der Waals surface area contributed by atoms with E-state index in [9.17, 15) is 0 Å². The van der Waals surface area contributed by atoms with Gasteiger partial charge in [-0.3, -0.25) is 0 Å². The van der Waals surface area contributed by atoms with Crippen LogP contribution >= 0.6 is 0 Å². The largest absolute Gasteiger partial charge is 0.376 e. The van der Waals surface area contributed by atoms with E-state index in [1.165, 1.54) is 27.8 Å². The summed E-state index contributed by atoms with van der Waals surface area (Å²) in [5.41, 5.74) is 6.70. The van der Waals surface area contributed by atoms with Crippen LogP contribution in [0, 0.1) is 0 Å². The van der Waals surface area contributed by atoms with E-state index in [4.69, 9.17) is 4.74 Å². The zero-order valence-electron chi connectivity index (χ0n) is 12.4. The Balaban J connectivity index is 1.57. The van der Waals surface area contributed by atoms with E-state index >= 15 is 0 Å². The molecule has 0 aliphatic heterocycles. The molecule has 1 nitrogen and oxygen atoms in total. The van der Waals surface area contributed by atoms with Gasteiger partial charge in [0.1, 0.15) is 0 Å². The summed E-state index contributed by atoms with van der Waals surface area (Å²) < 4.78 is 6.02. The van der Waals surface area contributed by atoms with Crippen LogP contribution < -0.4 is 0 Å². The summed E-state index contributed by atoms with van der Waals surface area (Å²) in [4.78, 5) is 0. The van der Waals surface area contributed by atoms with Crippen LogP contribution in [0.2, 0.25) is 0 Å². The van der Waals surface area contributed by atoms with Crippen molar-refractivity contribution in [1.82, 2.24) is 0 Å². The lowest BCUT2D eigenvalue weighted by molar-refractivity contribution is 0.115. The standard InChI is InChI=1S/C21H18O/c1-2-8-16(9-3-1)14-22-15-21-19-12-6-4-10-17(19)18-11-5-7-13-20(18)21/h1-13,21H,14-15H2. The van der Waals surface area contributed by atoms with Crippen molar-refractivity contribution in [3.63, 3.8) is 0 Å². The van der Waals surface area contributed by atoms with E-state index in [2.05, 4.69) is 72.8 Å². The summed E-state index contributed by atoms with van der Waals surface area (Å²) in [6.45, 7) is 1.39. The molecule has 0 unspecified atom stereocenters. The molecule has 0 radical (unpaired) electrons. The molecule has 22 heavy (non-hydrogen) atoms. The van der Waals surface area contributed by atoms with E-state index in [-0.39, 0.29) is 0 Å². The Hall–Kier alpha value is -2.38. The quantitative estimate of drug-likeness (QED) is 0.654. The summed E-state index contributed by atoms with van der Waals surface area (Å²) in [5, 5.41) is 0. The van der Waals surface area contributed by atoms with Crippen LogP contribution in [-0.4, -0.2) is 6.61 Å². The Bertz CT molecular complexity index is 731. The number of fused-ring (bicyclic) bond motifs is 3. The van der Waals surface area contributed by atoms with Gasteiger partial charge >= 0.3 is 0 Å². The van der Waals surface area contributed by atoms with Crippen LogP contribution in [-0.2, 0) is 11.3 Å². The number of rotatable bonds is 4. The first-order chi connectivity index (χ1) is 10.9. The Kier molecular flexibility index (Phi) is 3.49. The molecule has 0 saturated heterocycles.